The van der Waals surface area contributed by atoms with E-state index in [1.807, 2.05) is 0 Å². The lowest BCUT2D eigenvalue weighted by Crippen LogP contribution is -2.14. The Balaban J connectivity index is 2.11. The number of hydrogen-bond acceptors (Lipinski definition) is 5. The topological polar surface area (TPSA) is 79.8 Å². The Kier molecular flexibility index (Phi) is 3.42. The molecule has 7 heteroatoms. The molecule has 2 N–H and O–H groups in total. The van der Waals surface area contributed by atoms with Crippen LogP contribution in [0.3, 0.4) is 0 Å². The van der Waals surface area contributed by atoms with Crippen LogP contribution < -0.4 is 10.6 Å². The molecule has 2 heterocycles. The van der Waals surface area contributed by atoms with Gasteiger partial charge in [0.1, 0.15) is 11.6 Å². The normalized spacial score (nSPS) is 9.89. The molecule has 0 spiro atoms. The van der Waals surface area contributed by atoms with Gasteiger partial charge in [0.25, 0.3) is 5.91 Å². The fourth-order valence-corrected chi connectivity index (χ4v) is 1.26. The highest BCUT2D eigenvalue weighted by Crippen LogP contribution is 2.09. The molecule has 0 aliphatic carbocycles. The monoisotopic (exact) mass is 247 g/mol. The van der Waals surface area contributed by atoms with Gasteiger partial charge in [0, 0.05) is 13.1 Å². The van der Waals surface area contributed by atoms with Crippen LogP contribution in [0, 0.1) is 5.82 Å². The number of halogens is 1. The van der Waals surface area contributed by atoms with Gasteiger partial charge in [-0.1, -0.05) is 0 Å². The predicted octanol–water partition coefficient (Wildman–Crippen LogP) is 1.30. The molecule has 0 aromatic carbocycles. The van der Waals surface area contributed by atoms with Crippen molar-refractivity contribution in [1.29, 1.82) is 0 Å². The molecule has 0 bridgehead atoms. The first-order valence-corrected chi connectivity index (χ1v) is 5.12. The minimum absolute atomic E-state index is 0.137. The molecular formula is C11H10FN5O. The summed E-state index contributed by atoms with van der Waals surface area (Å²) in [5, 5.41) is 12.8. The molecule has 2 rings (SSSR count). The standard InChI is InChI=1S/C11H10FN5O/c1-13-10-3-2-9(16-17-10)11(18)15-8-4-7(12)5-14-6-8/h2-6H,1H3,(H,13,17)(H,15,18). The second-order valence-corrected chi connectivity index (χ2v) is 3.40. The number of anilines is 2. The highest BCUT2D eigenvalue weighted by atomic mass is 19.1. The third-order valence-electron chi connectivity index (χ3n) is 2.12. The van der Waals surface area contributed by atoms with E-state index in [1.165, 1.54) is 18.3 Å². The smallest absolute Gasteiger partial charge is 0.276 e. The summed E-state index contributed by atoms with van der Waals surface area (Å²) in [6.07, 6.45) is 2.40. The molecule has 0 aliphatic rings. The van der Waals surface area contributed by atoms with Crippen molar-refractivity contribution < 1.29 is 9.18 Å². The number of nitrogens with zero attached hydrogens (tertiary/aromatic N) is 3. The number of nitrogens with one attached hydrogen (secondary N) is 2. The number of hydrogen-bond donors (Lipinski definition) is 2. The minimum atomic E-state index is -0.524. The summed E-state index contributed by atoms with van der Waals surface area (Å²) in [4.78, 5) is 15.4. The van der Waals surface area contributed by atoms with Crippen molar-refractivity contribution in [1.82, 2.24) is 15.2 Å². The second kappa shape index (κ2) is 5.17. The van der Waals surface area contributed by atoms with Gasteiger partial charge in [-0.25, -0.2) is 4.39 Å². The van der Waals surface area contributed by atoms with Gasteiger partial charge in [0.05, 0.1) is 18.1 Å². The predicted molar refractivity (Wildman–Crippen MR) is 63.7 cm³/mol. The maximum absolute atomic E-state index is 12.9. The molecule has 0 aliphatic heterocycles. The van der Waals surface area contributed by atoms with E-state index >= 15 is 0 Å². The van der Waals surface area contributed by atoms with Crippen LogP contribution in [0.2, 0.25) is 0 Å². The fraction of sp³-hybridized carbons (Fsp3) is 0.0909. The van der Waals surface area contributed by atoms with E-state index < -0.39 is 11.7 Å². The van der Waals surface area contributed by atoms with E-state index in [4.69, 9.17) is 0 Å². The van der Waals surface area contributed by atoms with Gasteiger partial charge in [-0.15, -0.1) is 10.2 Å². The third-order valence-corrected chi connectivity index (χ3v) is 2.12. The molecule has 0 saturated heterocycles. The van der Waals surface area contributed by atoms with E-state index in [0.29, 0.717) is 5.82 Å². The van der Waals surface area contributed by atoms with Crippen molar-refractivity contribution in [3.63, 3.8) is 0 Å². The molecule has 0 fully saturated rings. The molecule has 1 amide bonds. The van der Waals surface area contributed by atoms with Crippen LogP contribution in [0.25, 0.3) is 0 Å². The Labute approximate surface area is 102 Å². The van der Waals surface area contributed by atoms with Crippen LogP contribution in [0.5, 0.6) is 0 Å². The molecule has 0 radical (unpaired) electrons. The Hall–Kier alpha value is -2.57. The Bertz CT molecular complexity index is 558. The van der Waals surface area contributed by atoms with Gasteiger partial charge in [0.15, 0.2) is 5.69 Å². The van der Waals surface area contributed by atoms with Gasteiger partial charge in [-0.05, 0) is 12.1 Å². The van der Waals surface area contributed by atoms with Gasteiger partial charge >= 0.3 is 0 Å². The van der Waals surface area contributed by atoms with Gasteiger partial charge in [-0.2, -0.15) is 0 Å². The third kappa shape index (κ3) is 2.76. The Morgan fingerprint density at radius 3 is 2.72 bits per heavy atom. The van der Waals surface area contributed by atoms with Crippen LogP contribution in [0.4, 0.5) is 15.9 Å². The molecule has 0 atom stereocenters. The van der Waals surface area contributed by atoms with E-state index in [0.717, 1.165) is 6.20 Å². The van der Waals surface area contributed by atoms with Crippen molar-refractivity contribution in [2.75, 3.05) is 17.7 Å². The number of aromatic nitrogens is 3. The molecule has 0 unspecified atom stereocenters. The lowest BCUT2D eigenvalue weighted by atomic mass is 10.3. The largest absolute Gasteiger partial charge is 0.372 e. The van der Waals surface area contributed by atoms with Gasteiger partial charge in [-0.3, -0.25) is 9.78 Å². The van der Waals surface area contributed by atoms with E-state index in [-0.39, 0.29) is 11.4 Å². The summed E-state index contributed by atoms with van der Waals surface area (Å²) in [5.41, 5.74) is 0.401. The quantitative estimate of drug-likeness (QED) is 0.854. The summed E-state index contributed by atoms with van der Waals surface area (Å²) in [7, 11) is 1.70. The fourth-order valence-electron chi connectivity index (χ4n) is 1.26. The maximum atomic E-state index is 12.9. The molecular weight excluding hydrogens is 237 g/mol. The van der Waals surface area contributed by atoms with Crippen molar-refractivity contribution in [2.45, 2.75) is 0 Å². The summed E-state index contributed by atoms with van der Waals surface area (Å²) in [5.74, 6) is -0.444. The van der Waals surface area contributed by atoms with Crippen molar-refractivity contribution in [3.05, 3.63) is 42.1 Å². The number of pyridine rings is 1. The first kappa shape index (κ1) is 11.9. The molecule has 18 heavy (non-hydrogen) atoms. The highest BCUT2D eigenvalue weighted by Gasteiger charge is 2.09. The summed E-state index contributed by atoms with van der Waals surface area (Å²) in [6, 6.07) is 4.30. The molecule has 2 aromatic rings. The zero-order valence-corrected chi connectivity index (χ0v) is 9.51. The maximum Gasteiger partial charge on any atom is 0.276 e. The SMILES string of the molecule is CNc1ccc(C(=O)Nc2cncc(F)c2)nn1. The Morgan fingerprint density at radius 1 is 1.28 bits per heavy atom. The van der Waals surface area contributed by atoms with E-state index in [1.54, 1.807) is 13.1 Å². The van der Waals surface area contributed by atoms with Crippen LogP contribution in [-0.4, -0.2) is 28.1 Å². The summed E-state index contributed by atoms with van der Waals surface area (Å²) >= 11 is 0. The van der Waals surface area contributed by atoms with Gasteiger partial charge < -0.3 is 10.6 Å². The number of rotatable bonds is 3. The Morgan fingerprint density at radius 2 is 2.11 bits per heavy atom. The summed E-state index contributed by atoms with van der Waals surface area (Å²) in [6.45, 7) is 0. The van der Waals surface area contributed by atoms with Crippen LogP contribution in [0.15, 0.2) is 30.6 Å². The second-order valence-electron chi connectivity index (χ2n) is 3.40. The highest BCUT2D eigenvalue weighted by molar-refractivity contribution is 6.02. The van der Waals surface area contributed by atoms with Crippen molar-refractivity contribution in [3.8, 4) is 0 Å². The molecule has 92 valence electrons. The van der Waals surface area contributed by atoms with Gasteiger partial charge in [0.2, 0.25) is 0 Å². The lowest BCUT2D eigenvalue weighted by molar-refractivity contribution is 0.102. The number of carbonyl (C=O) groups excluding carboxylic acids is 1. The molecule has 0 saturated carbocycles. The lowest BCUT2D eigenvalue weighted by Gasteiger charge is -2.04. The van der Waals surface area contributed by atoms with Crippen LogP contribution >= 0.6 is 0 Å². The minimum Gasteiger partial charge on any atom is -0.372 e. The first-order valence-electron chi connectivity index (χ1n) is 5.12. The molecule has 6 nitrogen and oxygen atoms in total. The number of carbonyl (C=O) groups is 1. The zero-order valence-electron chi connectivity index (χ0n) is 9.51. The summed E-state index contributed by atoms with van der Waals surface area (Å²) < 4.78 is 12.9. The average molecular weight is 247 g/mol. The van der Waals surface area contributed by atoms with Crippen molar-refractivity contribution >= 4 is 17.4 Å². The van der Waals surface area contributed by atoms with E-state index in [9.17, 15) is 9.18 Å². The average Bonchev–Trinajstić information content (AvgIpc) is 2.39. The van der Waals surface area contributed by atoms with Crippen LogP contribution in [0.1, 0.15) is 10.5 Å². The zero-order chi connectivity index (χ0) is 13.0. The number of amides is 1. The first-order chi connectivity index (χ1) is 8.69. The molecule has 2 aromatic heterocycles. The van der Waals surface area contributed by atoms with E-state index in [2.05, 4.69) is 25.8 Å². The van der Waals surface area contributed by atoms with Crippen molar-refractivity contribution in [2.24, 2.45) is 0 Å². The van der Waals surface area contributed by atoms with Crippen LogP contribution in [-0.2, 0) is 0 Å².